The minimum absolute atomic E-state index is 0.0823. The summed E-state index contributed by atoms with van der Waals surface area (Å²) in [5.74, 6) is 0.703. The normalized spacial score (nSPS) is 18.0. The van der Waals surface area contributed by atoms with Crippen molar-refractivity contribution >= 4 is 23.1 Å². The number of fused-ring (bicyclic) bond motifs is 2. The third-order valence-corrected chi connectivity index (χ3v) is 5.67. The highest BCUT2D eigenvalue weighted by atomic mass is 16.2. The van der Waals surface area contributed by atoms with Crippen LogP contribution in [0.15, 0.2) is 60.9 Å². The average molecular weight is 370 g/mol. The molecule has 1 aromatic heterocycles. The topological polar surface area (TPSA) is 49.3 Å². The van der Waals surface area contributed by atoms with E-state index in [0.717, 1.165) is 37.3 Å². The quantitative estimate of drug-likeness (QED) is 0.680. The molecule has 5 rings (SSSR count). The Morgan fingerprint density at radius 2 is 1.71 bits per heavy atom. The Bertz CT molecular complexity index is 1030. The summed E-state index contributed by atoms with van der Waals surface area (Å²) in [7, 11) is 0. The zero-order chi connectivity index (χ0) is 19.1. The third-order valence-electron chi connectivity index (χ3n) is 5.67. The van der Waals surface area contributed by atoms with Gasteiger partial charge in [0.05, 0.1) is 12.4 Å². The molecule has 0 radical (unpaired) electrons. The Balaban J connectivity index is 1.43. The maximum Gasteiger partial charge on any atom is 0.278 e. The zero-order valence-electron chi connectivity index (χ0n) is 15.9. The number of para-hydroxylation sites is 2. The van der Waals surface area contributed by atoms with E-state index in [9.17, 15) is 4.79 Å². The van der Waals surface area contributed by atoms with Crippen LogP contribution in [0.1, 0.15) is 35.0 Å². The molecule has 140 valence electrons. The van der Waals surface area contributed by atoms with Crippen molar-refractivity contribution in [1.29, 1.82) is 0 Å². The van der Waals surface area contributed by atoms with Crippen LogP contribution in [0.25, 0.3) is 0 Å². The minimum Gasteiger partial charge on any atom is -0.322 e. The lowest BCUT2D eigenvalue weighted by atomic mass is 10.0. The Morgan fingerprint density at radius 3 is 2.50 bits per heavy atom. The first-order valence-corrected chi connectivity index (χ1v) is 9.81. The summed E-state index contributed by atoms with van der Waals surface area (Å²) in [6.45, 7) is 2.90. The predicted molar refractivity (Wildman–Crippen MR) is 110 cm³/mol. The van der Waals surface area contributed by atoms with Crippen LogP contribution in [-0.4, -0.2) is 28.5 Å². The van der Waals surface area contributed by atoms with Crippen molar-refractivity contribution in [3.8, 4) is 0 Å². The first kappa shape index (κ1) is 16.9. The number of rotatable bonds is 2. The molecule has 5 nitrogen and oxygen atoms in total. The van der Waals surface area contributed by atoms with E-state index in [1.807, 2.05) is 29.2 Å². The van der Waals surface area contributed by atoms with Gasteiger partial charge in [0.15, 0.2) is 5.82 Å². The molecule has 0 aliphatic carbocycles. The second kappa shape index (κ2) is 6.75. The Morgan fingerprint density at radius 1 is 0.964 bits per heavy atom. The molecule has 1 unspecified atom stereocenters. The fourth-order valence-electron chi connectivity index (χ4n) is 4.35. The van der Waals surface area contributed by atoms with Gasteiger partial charge in [0, 0.05) is 24.0 Å². The SMILES string of the molecule is CC1Cc2ccccc2N1c1cnc(C(=O)N2CCCc3ccccc32)cn1. The van der Waals surface area contributed by atoms with Gasteiger partial charge in [0.1, 0.15) is 5.69 Å². The van der Waals surface area contributed by atoms with Crippen LogP contribution in [0.2, 0.25) is 0 Å². The lowest BCUT2D eigenvalue weighted by molar-refractivity contribution is 0.0980. The van der Waals surface area contributed by atoms with Crippen molar-refractivity contribution in [3.63, 3.8) is 0 Å². The van der Waals surface area contributed by atoms with Crippen molar-refractivity contribution in [2.75, 3.05) is 16.3 Å². The molecule has 3 heterocycles. The maximum absolute atomic E-state index is 13.1. The number of hydrogen-bond acceptors (Lipinski definition) is 4. The number of aromatic nitrogens is 2. The molecule has 28 heavy (non-hydrogen) atoms. The van der Waals surface area contributed by atoms with E-state index in [2.05, 4.69) is 46.1 Å². The van der Waals surface area contributed by atoms with Crippen LogP contribution < -0.4 is 9.80 Å². The van der Waals surface area contributed by atoms with Crippen molar-refractivity contribution in [3.05, 3.63) is 77.7 Å². The van der Waals surface area contributed by atoms with E-state index < -0.39 is 0 Å². The molecule has 2 aliphatic heterocycles. The fourth-order valence-corrected chi connectivity index (χ4v) is 4.35. The summed E-state index contributed by atoms with van der Waals surface area (Å²) in [4.78, 5) is 26.2. The summed E-state index contributed by atoms with van der Waals surface area (Å²) in [6.07, 6.45) is 6.31. The molecule has 3 aromatic rings. The van der Waals surface area contributed by atoms with Gasteiger partial charge in [0.2, 0.25) is 0 Å². The van der Waals surface area contributed by atoms with Crippen molar-refractivity contribution in [2.45, 2.75) is 32.2 Å². The standard InChI is InChI=1S/C23H22N4O/c1-16-13-18-8-3-5-11-21(18)27(16)22-15-24-19(14-25-22)23(28)26-12-6-9-17-7-2-4-10-20(17)26/h2-5,7-8,10-11,14-16H,6,9,12-13H2,1H3. The van der Waals surface area contributed by atoms with E-state index in [1.54, 1.807) is 12.4 Å². The van der Waals surface area contributed by atoms with Gasteiger partial charge in [0.25, 0.3) is 5.91 Å². The minimum atomic E-state index is -0.0823. The Hall–Kier alpha value is -3.21. The van der Waals surface area contributed by atoms with E-state index in [0.29, 0.717) is 11.7 Å². The van der Waals surface area contributed by atoms with Gasteiger partial charge < -0.3 is 9.80 Å². The molecule has 0 N–H and O–H groups in total. The average Bonchev–Trinajstić information content (AvgIpc) is 3.08. The Kier molecular flexibility index (Phi) is 4.08. The lowest BCUT2D eigenvalue weighted by Crippen LogP contribution is -2.36. The van der Waals surface area contributed by atoms with Crippen molar-refractivity contribution in [1.82, 2.24) is 9.97 Å². The van der Waals surface area contributed by atoms with Gasteiger partial charge >= 0.3 is 0 Å². The first-order chi connectivity index (χ1) is 13.7. The number of anilines is 3. The highest BCUT2D eigenvalue weighted by molar-refractivity contribution is 6.05. The second-order valence-corrected chi connectivity index (χ2v) is 7.50. The molecule has 0 fully saturated rings. The second-order valence-electron chi connectivity index (χ2n) is 7.50. The van der Waals surface area contributed by atoms with Crippen LogP contribution in [0.3, 0.4) is 0 Å². The van der Waals surface area contributed by atoms with Crippen LogP contribution in [-0.2, 0) is 12.8 Å². The van der Waals surface area contributed by atoms with Crippen LogP contribution >= 0.6 is 0 Å². The van der Waals surface area contributed by atoms with Crippen LogP contribution in [0.5, 0.6) is 0 Å². The Labute approximate surface area is 164 Å². The summed E-state index contributed by atoms with van der Waals surface area (Å²) >= 11 is 0. The molecule has 5 heteroatoms. The molecule has 0 saturated heterocycles. The van der Waals surface area contributed by atoms with Gasteiger partial charge in [-0.2, -0.15) is 0 Å². The molecule has 0 saturated carbocycles. The highest BCUT2D eigenvalue weighted by Gasteiger charge is 2.29. The summed E-state index contributed by atoms with van der Waals surface area (Å²) in [5, 5.41) is 0. The van der Waals surface area contributed by atoms with Crippen LogP contribution in [0, 0.1) is 0 Å². The number of hydrogen-bond donors (Lipinski definition) is 0. The molecule has 0 bridgehead atoms. The predicted octanol–water partition coefficient (Wildman–Crippen LogP) is 4.15. The van der Waals surface area contributed by atoms with E-state index in [1.165, 1.54) is 16.8 Å². The first-order valence-electron chi connectivity index (χ1n) is 9.81. The van der Waals surface area contributed by atoms with E-state index in [-0.39, 0.29) is 5.91 Å². The van der Waals surface area contributed by atoms with Crippen molar-refractivity contribution in [2.24, 2.45) is 0 Å². The van der Waals surface area contributed by atoms with Crippen molar-refractivity contribution < 1.29 is 4.79 Å². The number of aryl methyl sites for hydroxylation is 1. The van der Waals surface area contributed by atoms with Crippen LogP contribution in [0.4, 0.5) is 17.2 Å². The number of benzene rings is 2. The number of amides is 1. The lowest BCUT2D eigenvalue weighted by Gasteiger charge is -2.29. The largest absolute Gasteiger partial charge is 0.322 e. The molecule has 0 spiro atoms. The molecule has 2 aliphatic rings. The monoisotopic (exact) mass is 370 g/mol. The summed E-state index contributed by atoms with van der Waals surface area (Å²) < 4.78 is 0. The summed E-state index contributed by atoms with van der Waals surface area (Å²) in [5.41, 5.74) is 5.09. The maximum atomic E-state index is 13.1. The molecule has 2 aromatic carbocycles. The molecular formula is C23H22N4O. The van der Waals surface area contributed by atoms with E-state index >= 15 is 0 Å². The number of carbonyl (C=O) groups is 1. The smallest absolute Gasteiger partial charge is 0.278 e. The van der Waals surface area contributed by atoms with Gasteiger partial charge in [-0.25, -0.2) is 9.97 Å². The fraction of sp³-hybridized carbons (Fsp3) is 0.261. The molecular weight excluding hydrogens is 348 g/mol. The molecule has 1 atom stereocenters. The summed E-state index contributed by atoms with van der Waals surface area (Å²) in [6, 6.07) is 16.8. The van der Waals surface area contributed by atoms with Gasteiger partial charge in [-0.3, -0.25) is 4.79 Å². The van der Waals surface area contributed by atoms with Gasteiger partial charge in [-0.1, -0.05) is 36.4 Å². The van der Waals surface area contributed by atoms with E-state index in [4.69, 9.17) is 0 Å². The van der Waals surface area contributed by atoms with Gasteiger partial charge in [-0.05, 0) is 49.4 Å². The number of carbonyl (C=O) groups excluding carboxylic acids is 1. The highest BCUT2D eigenvalue weighted by Crippen LogP contribution is 2.36. The number of nitrogens with zero attached hydrogens (tertiary/aromatic N) is 4. The molecule has 1 amide bonds. The van der Waals surface area contributed by atoms with Gasteiger partial charge in [-0.15, -0.1) is 0 Å². The third kappa shape index (κ3) is 2.74. The zero-order valence-corrected chi connectivity index (χ0v) is 15.9.